The molecule has 22 atom stereocenters. The molecule has 64 heavy (non-hydrogen) atoms. The number of hydrogen-bond donors (Lipinski definition) is 7. The molecule has 372 valence electrons. The zero-order valence-electron chi connectivity index (χ0n) is 42.4. The summed E-state index contributed by atoms with van der Waals surface area (Å²) < 4.78 is 0. The number of hydrogen-bond acceptors (Lipinski definition) is 7. The van der Waals surface area contributed by atoms with Gasteiger partial charge in [-0.3, -0.25) is 0 Å². The summed E-state index contributed by atoms with van der Waals surface area (Å²) in [6, 6.07) is 0. The van der Waals surface area contributed by atoms with Crippen LogP contribution in [0.5, 0.6) is 0 Å². The smallest absolute Gasteiger partial charge is 0.0596 e. The van der Waals surface area contributed by atoms with Gasteiger partial charge in [-0.05, 0) is 253 Å². The fourth-order valence-corrected chi connectivity index (χ4v) is 17.6. The predicted octanol–water partition coefficient (Wildman–Crippen LogP) is 10.5. The van der Waals surface area contributed by atoms with E-state index in [1.54, 1.807) is 0 Å². The molecule has 0 aliphatic heterocycles. The normalized spacial score (nSPS) is 54.4. The molecule has 0 aromatic heterocycles. The van der Waals surface area contributed by atoms with E-state index in [2.05, 4.69) is 62.3 Å². The minimum absolute atomic E-state index is 0.151. The lowest BCUT2D eigenvalue weighted by Gasteiger charge is -2.51. The molecule has 7 N–H and O–H groups in total. The van der Waals surface area contributed by atoms with Crippen molar-refractivity contribution in [2.75, 3.05) is 0 Å². The van der Waals surface area contributed by atoms with Gasteiger partial charge in [-0.2, -0.15) is 0 Å². The Hall–Kier alpha value is -0.280. The average molecular weight is 899 g/mol. The van der Waals surface area contributed by atoms with Crippen LogP contribution in [0.1, 0.15) is 191 Å². The van der Waals surface area contributed by atoms with Crippen LogP contribution in [-0.4, -0.2) is 78.5 Å². The van der Waals surface area contributed by atoms with Crippen molar-refractivity contribution in [3.05, 3.63) is 0 Å². The van der Waals surface area contributed by atoms with Crippen LogP contribution in [0.4, 0.5) is 0 Å². The molecular weight excluding hydrogens is 797 g/mol. The molecule has 0 bridgehead atoms. The van der Waals surface area contributed by atoms with Crippen molar-refractivity contribution in [2.45, 2.75) is 233 Å². The van der Waals surface area contributed by atoms with E-state index < -0.39 is 0 Å². The summed E-state index contributed by atoms with van der Waals surface area (Å²) in [4.78, 5) is 0. The van der Waals surface area contributed by atoms with E-state index in [0.29, 0.717) is 65.1 Å². The fraction of sp³-hybridized carbons (Fsp3) is 1.00. The summed E-state index contributed by atoms with van der Waals surface area (Å²) in [7, 11) is 0. The van der Waals surface area contributed by atoms with Gasteiger partial charge >= 0.3 is 0 Å². The Morgan fingerprint density at radius 3 is 0.844 bits per heavy atom. The first-order valence-electron chi connectivity index (χ1n) is 28.1. The maximum atomic E-state index is 12.4. The molecule has 0 saturated heterocycles. The molecular formula is C57H102O7. The second-order valence-corrected chi connectivity index (χ2v) is 26.3. The summed E-state index contributed by atoms with van der Waals surface area (Å²) in [5.41, 5.74) is 0. The molecule has 0 aromatic rings. The van der Waals surface area contributed by atoms with Gasteiger partial charge in [0.25, 0.3) is 0 Å². The van der Waals surface area contributed by atoms with Gasteiger partial charge in [-0.25, -0.2) is 0 Å². The number of aliphatic hydroxyl groups excluding tert-OH is 7. The molecule has 7 heteroatoms. The van der Waals surface area contributed by atoms with Crippen molar-refractivity contribution < 1.29 is 35.7 Å². The third kappa shape index (κ3) is 11.7. The van der Waals surface area contributed by atoms with E-state index in [4.69, 9.17) is 0 Å². The van der Waals surface area contributed by atoms with Crippen molar-refractivity contribution in [1.82, 2.24) is 0 Å². The van der Waals surface area contributed by atoms with E-state index in [0.717, 1.165) is 128 Å². The van der Waals surface area contributed by atoms with E-state index in [9.17, 15) is 35.7 Å². The van der Waals surface area contributed by atoms with Crippen molar-refractivity contribution >= 4 is 0 Å². The van der Waals surface area contributed by atoms with E-state index >= 15 is 0 Å². The van der Waals surface area contributed by atoms with Gasteiger partial charge in [0.2, 0.25) is 0 Å². The lowest BCUT2D eigenvalue weighted by molar-refractivity contribution is -0.0931. The first-order chi connectivity index (χ1) is 30.3. The lowest BCUT2D eigenvalue weighted by atomic mass is 9.56. The van der Waals surface area contributed by atoms with E-state index in [-0.39, 0.29) is 102 Å². The summed E-state index contributed by atoms with van der Waals surface area (Å²) >= 11 is 0. The molecule has 0 amide bonds. The second kappa shape index (κ2) is 22.2. The van der Waals surface area contributed by atoms with Crippen LogP contribution in [0, 0.1) is 124 Å². The molecule has 0 radical (unpaired) electrons. The van der Waals surface area contributed by atoms with E-state index in [1.807, 2.05) is 0 Å². The van der Waals surface area contributed by atoms with E-state index in [1.165, 1.54) is 0 Å². The Kier molecular flexibility index (Phi) is 17.9. The monoisotopic (exact) mass is 899 g/mol. The number of rotatable bonds is 12. The lowest BCUT2D eigenvalue weighted by Crippen LogP contribution is -2.48. The molecule has 7 aliphatic carbocycles. The van der Waals surface area contributed by atoms with Crippen LogP contribution in [0.2, 0.25) is 0 Å². The SMILES string of the molecule is CC1CC(CC2CC(C)C(O)C(CC3CC(C)C(O)C(CC4CCC(O)CC4)C3C)C2C)C(O)C(CC2CC(C)C(O)C(CC3CC(C)C(O)C(CC4CCC(O)CC4)C3C)C2C)C1. The second-order valence-electron chi connectivity index (χ2n) is 26.3. The van der Waals surface area contributed by atoms with Crippen molar-refractivity contribution in [1.29, 1.82) is 0 Å². The molecule has 7 rings (SSSR count). The third-order valence-corrected chi connectivity index (χ3v) is 22.0. The quantitative estimate of drug-likeness (QED) is 0.103. The van der Waals surface area contributed by atoms with Gasteiger partial charge in [-0.15, -0.1) is 0 Å². The first kappa shape index (κ1) is 51.6. The largest absolute Gasteiger partial charge is 0.393 e. The highest BCUT2D eigenvalue weighted by atomic mass is 16.3. The minimum atomic E-state index is -0.304. The summed E-state index contributed by atoms with van der Waals surface area (Å²) in [6.07, 6.45) is 18.7. The highest BCUT2D eigenvalue weighted by Crippen LogP contribution is 2.54. The summed E-state index contributed by atoms with van der Waals surface area (Å²) in [6.45, 7) is 21.1. The Morgan fingerprint density at radius 1 is 0.281 bits per heavy atom. The molecule has 7 aliphatic rings. The average Bonchev–Trinajstić information content (AvgIpc) is 3.25. The maximum Gasteiger partial charge on any atom is 0.0596 e. The van der Waals surface area contributed by atoms with Gasteiger partial charge in [0.05, 0.1) is 42.7 Å². The predicted molar refractivity (Wildman–Crippen MR) is 259 cm³/mol. The Balaban J connectivity index is 0.976. The van der Waals surface area contributed by atoms with Gasteiger partial charge < -0.3 is 35.7 Å². The highest BCUT2D eigenvalue weighted by Gasteiger charge is 2.50. The zero-order chi connectivity index (χ0) is 46.3. The van der Waals surface area contributed by atoms with Crippen LogP contribution in [-0.2, 0) is 0 Å². The number of aliphatic hydroxyl groups is 7. The molecule has 0 heterocycles. The zero-order valence-corrected chi connectivity index (χ0v) is 42.4. The topological polar surface area (TPSA) is 142 Å². The fourth-order valence-electron chi connectivity index (χ4n) is 17.6. The summed E-state index contributed by atoms with van der Waals surface area (Å²) in [5, 5.41) is 79.5. The molecule has 7 fully saturated rings. The van der Waals surface area contributed by atoms with Gasteiger partial charge in [-0.1, -0.05) is 62.3 Å². The van der Waals surface area contributed by atoms with Crippen LogP contribution in [0.3, 0.4) is 0 Å². The standard InChI is InChI=1S/C57H102O7/c1-30-18-45(26-41-20-31(2)55(62)51(35(41)6)28-43-22-33(4)53(60)49(37(43)8)24-39-10-14-47(58)15-11-39)57(64)46(19-30)27-42-21-32(3)56(63)52(36(42)7)29-44-23-34(5)54(61)50(38(44)9)25-40-12-16-48(59)17-13-40/h30-64H,10-29H2,1-9H3. The van der Waals surface area contributed by atoms with Crippen LogP contribution < -0.4 is 0 Å². The first-order valence-corrected chi connectivity index (χ1v) is 28.1. The third-order valence-electron chi connectivity index (χ3n) is 22.0. The van der Waals surface area contributed by atoms with Crippen molar-refractivity contribution in [3.63, 3.8) is 0 Å². The molecule has 0 spiro atoms. The Labute approximate surface area is 392 Å². The molecule has 0 aromatic carbocycles. The Bertz CT molecular complexity index is 1310. The van der Waals surface area contributed by atoms with Crippen LogP contribution in [0.15, 0.2) is 0 Å². The van der Waals surface area contributed by atoms with Gasteiger partial charge in [0, 0.05) is 0 Å². The van der Waals surface area contributed by atoms with Crippen LogP contribution >= 0.6 is 0 Å². The van der Waals surface area contributed by atoms with Gasteiger partial charge in [0.15, 0.2) is 0 Å². The molecule has 7 nitrogen and oxygen atoms in total. The minimum Gasteiger partial charge on any atom is -0.393 e. The maximum absolute atomic E-state index is 12.4. The Morgan fingerprint density at radius 2 is 0.547 bits per heavy atom. The molecule has 22 unspecified atom stereocenters. The van der Waals surface area contributed by atoms with Crippen LogP contribution in [0.25, 0.3) is 0 Å². The van der Waals surface area contributed by atoms with Crippen molar-refractivity contribution in [3.8, 4) is 0 Å². The van der Waals surface area contributed by atoms with Crippen molar-refractivity contribution in [2.24, 2.45) is 124 Å². The summed E-state index contributed by atoms with van der Waals surface area (Å²) in [5.74, 6) is 8.00. The van der Waals surface area contributed by atoms with Gasteiger partial charge in [0.1, 0.15) is 0 Å². The molecule has 7 saturated carbocycles. The highest BCUT2D eigenvalue weighted by molar-refractivity contribution is 5.00.